The molecule has 0 spiro atoms. The number of carbonyl (C=O) groups excluding carboxylic acids is 1. The number of ketones is 1. The van der Waals surface area contributed by atoms with Gasteiger partial charge in [0.1, 0.15) is 5.82 Å². The van der Waals surface area contributed by atoms with E-state index in [1.165, 1.54) is 6.07 Å². The quantitative estimate of drug-likeness (QED) is 0.673. The van der Waals surface area contributed by atoms with E-state index in [1.54, 1.807) is 12.1 Å². The van der Waals surface area contributed by atoms with Crippen molar-refractivity contribution in [1.82, 2.24) is 0 Å². The first-order valence-corrected chi connectivity index (χ1v) is 6.70. The molecule has 2 aliphatic rings. The molecule has 0 saturated heterocycles. The lowest BCUT2D eigenvalue weighted by atomic mass is 9.56. The number of Topliss-reactive ketones (excluding diaryl/α,β-unsaturated/α-hetero) is 1. The van der Waals surface area contributed by atoms with Crippen molar-refractivity contribution in [2.45, 2.75) is 45.4 Å². The normalized spacial score (nSPS) is 33.1. The fraction of sp³-hybridized carbons (Fsp3) is 0.562. The predicted octanol–water partition coefficient (Wildman–Crippen LogP) is 4.11. The first-order valence-electron chi connectivity index (χ1n) is 6.70. The van der Waals surface area contributed by atoms with E-state index < -0.39 is 0 Å². The van der Waals surface area contributed by atoms with Crippen LogP contribution >= 0.6 is 0 Å². The van der Waals surface area contributed by atoms with Crippen LogP contribution in [0, 0.1) is 17.2 Å². The van der Waals surface area contributed by atoms with Gasteiger partial charge in [-0.25, -0.2) is 4.39 Å². The third-order valence-corrected chi connectivity index (χ3v) is 5.06. The van der Waals surface area contributed by atoms with Gasteiger partial charge in [0, 0.05) is 16.9 Å². The maximum atomic E-state index is 13.5. The molecule has 0 heterocycles. The Kier molecular flexibility index (Phi) is 2.27. The summed E-state index contributed by atoms with van der Waals surface area (Å²) in [5.41, 5.74) is 1.53. The van der Waals surface area contributed by atoms with Crippen molar-refractivity contribution in [3.63, 3.8) is 0 Å². The third-order valence-electron chi connectivity index (χ3n) is 5.06. The van der Waals surface area contributed by atoms with Gasteiger partial charge in [0.2, 0.25) is 0 Å². The predicted molar refractivity (Wildman–Crippen MR) is 69.2 cm³/mol. The zero-order valence-electron chi connectivity index (χ0n) is 11.2. The van der Waals surface area contributed by atoms with Gasteiger partial charge >= 0.3 is 0 Å². The second kappa shape index (κ2) is 3.43. The Morgan fingerprint density at radius 1 is 1.22 bits per heavy atom. The number of rotatable bonds is 0. The molecule has 0 unspecified atom stereocenters. The van der Waals surface area contributed by atoms with Crippen molar-refractivity contribution < 1.29 is 9.18 Å². The van der Waals surface area contributed by atoms with Gasteiger partial charge < -0.3 is 0 Å². The fourth-order valence-corrected chi connectivity index (χ4v) is 4.36. The molecule has 0 radical (unpaired) electrons. The molecule has 2 heteroatoms. The molecule has 0 N–H and O–H groups in total. The summed E-state index contributed by atoms with van der Waals surface area (Å²) in [6.07, 6.45) is 3.18. The Morgan fingerprint density at radius 2 is 1.94 bits per heavy atom. The molecule has 18 heavy (non-hydrogen) atoms. The smallest absolute Gasteiger partial charge is 0.167 e. The Bertz CT molecular complexity index is 532. The van der Waals surface area contributed by atoms with Gasteiger partial charge in [-0.05, 0) is 42.0 Å². The molecule has 1 saturated carbocycles. The number of fused-ring (bicyclic) bond motifs is 3. The molecule has 0 bridgehead atoms. The SMILES string of the molecule is CC1(C)CCC[C@@]2(C)c3cc(F)ccc3C(=O)[C@H]12. The van der Waals surface area contributed by atoms with Gasteiger partial charge in [0.05, 0.1) is 0 Å². The molecule has 1 nitrogen and oxygen atoms in total. The summed E-state index contributed by atoms with van der Waals surface area (Å²) in [6.45, 7) is 6.49. The molecule has 96 valence electrons. The zero-order valence-corrected chi connectivity index (χ0v) is 11.2. The molecule has 0 amide bonds. The van der Waals surface area contributed by atoms with E-state index in [2.05, 4.69) is 20.8 Å². The molecule has 2 aliphatic carbocycles. The summed E-state index contributed by atoms with van der Waals surface area (Å²) in [5.74, 6) is -0.000412. The molecule has 2 atom stereocenters. The summed E-state index contributed by atoms with van der Waals surface area (Å²) in [4.78, 5) is 12.6. The topological polar surface area (TPSA) is 17.1 Å². The Balaban J connectivity index is 2.23. The lowest BCUT2D eigenvalue weighted by molar-refractivity contribution is 0.0500. The van der Waals surface area contributed by atoms with Crippen LogP contribution in [0.15, 0.2) is 18.2 Å². The average molecular weight is 246 g/mol. The monoisotopic (exact) mass is 246 g/mol. The number of hydrogen-bond acceptors (Lipinski definition) is 1. The van der Waals surface area contributed by atoms with Crippen LogP contribution in [0.5, 0.6) is 0 Å². The van der Waals surface area contributed by atoms with Crippen LogP contribution in [-0.4, -0.2) is 5.78 Å². The highest BCUT2D eigenvalue weighted by Crippen LogP contribution is 2.58. The van der Waals surface area contributed by atoms with E-state index in [0.717, 1.165) is 30.4 Å². The van der Waals surface area contributed by atoms with Crippen molar-refractivity contribution >= 4 is 5.78 Å². The summed E-state index contributed by atoms with van der Waals surface area (Å²) in [7, 11) is 0. The van der Waals surface area contributed by atoms with Crippen LogP contribution in [0.3, 0.4) is 0 Å². The van der Waals surface area contributed by atoms with Gasteiger partial charge in [-0.2, -0.15) is 0 Å². The lowest BCUT2D eigenvalue weighted by Crippen LogP contribution is -2.44. The van der Waals surface area contributed by atoms with Crippen LogP contribution in [0.25, 0.3) is 0 Å². The van der Waals surface area contributed by atoms with Crippen molar-refractivity contribution in [2.75, 3.05) is 0 Å². The maximum Gasteiger partial charge on any atom is 0.167 e. The number of benzene rings is 1. The van der Waals surface area contributed by atoms with Crippen LogP contribution < -0.4 is 0 Å². The van der Waals surface area contributed by atoms with Gasteiger partial charge in [0.25, 0.3) is 0 Å². The molecule has 0 aliphatic heterocycles. The van der Waals surface area contributed by atoms with Crippen molar-refractivity contribution in [3.05, 3.63) is 35.1 Å². The van der Waals surface area contributed by atoms with E-state index in [4.69, 9.17) is 0 Å². The molecular formula is C16H19FO. The largest absolute Gasteiger partial charge is 0.294 e. The highest BCUT2D eigenvalue weighted by Gasteiger charge is 2.56. The van der Waals surface area contributed by atoms with Gasteiger partial charge in [-0.15, -0.1) is 0 Å². The zero-order chi connectivity index (χ0) is 13.1. The third kappa shape index (κ3) is 1.35. The molecule has 1 aromatic carbocycles. The standard InChI is InChI=1S/C16H19FO/c1-15(2)7-4-8-16(3)12-9-10(17)5-6-11(12)13(18)14(15)16/h5-6,9,14H,4,7-8H2,1-3H3/t14-,16+/m1/s1. The molecule has 1 aromatic rings. The van der Waals surface area contributed by atoms with Crippen LogP contribution in [0.2, 0.25) is 0 Å². The molecular weight excluding hydrogens is 227 g/mol. The van der Waals surface area contributed by atoms with Gasteiger partial charge in [-0.3, -0.25) is 4.79 Å². The lowest BCUT2D eigenvalue weighted by Gasteiger charge is -2.46. The highest BCUT2D eigenvalue weighted by molar-refractivity contribution is 6.04. The highest BCUT2D eigenvalue weighted by atomic mass is 19.1. The minimum absolute atomic E-state index is 0.00977. The Hall–Kier alpha value is -1.18. The second-order valence-corrected chi connectivity index (χ2v) is 6.75. The average Bonchev–Trinajstić information content (AvgIpc) is 2.48. The minimum Gasteiger partial charge on any atom is -0.294 e. The van der Waals surface area contributed by atoms with Crippen molar-refractivity contribution in [2.24, 2.45) is 11.3 Å². The number of carbonyl (C=O) groups is 1. The van der Waals surface area contributed by atoms with Crippen LogP contribution in [-0.2, 0) is 5.41 Å². The van der Waals surface area contributed by atoms with Crippen LogP contribution in [0.1, 0.15) is 56.0 Å². The summed E-state index contributed by atoms with van der Waals surface area (Å²) in [5, 5.41) is 0. The minimum atomic E-state index is -0.230. The van der Waals surface area contributed by atoms with Crippen molar-refractivity contribution in [1.29, 1.82) is 0 Å². The second-order valence-electron chi connectivity index (χ2n) is 6.75. The number of halogens is 1. The first kappa shape index (κ1) is 11.9. The number of hydrogen-bond donors (Lipinski definition) is 0. The van der Waals surface area contributed by atoms with Gasteiger partial charge in [-0.1, -0.05) is 27.2 Å². The van der Waals surface area contributed by atoms with Gasteiger partial charge in [0.15, 0.2) is 5.78 Å². The Morgan fingerprint density at radius 3 is 2.67 bits per heavy atom. The van der Waals surface area contributed by atoms with E-state index in [1.807, 2.05) is 0 Å². The van der Waals surface area contributed by atoms with E-state index >= 15 is 0 Å². The Labute approximate surface area is 107 Å². The maximum absolute atomic E-state index is 13.5. The first-order chi connectivity index (χ1) is 8.36. The molecule has 1 fully saturated rings. The van der Waals surface area contributed by atoms with E-state index in [0.29, 0.717) is 0 Å². The van der Waals surface area contributed by atoms with E-state index in [-0.39, 0.29) is 28.3 Å². The van der Waals surface area contributed by atoms with Crippen molar-refractivity contribution in [3.8, 4) is 0 Å². The van der Waals surface area contributed by atoms with Crippen LogP contribution in [0.4, 0.5) is 4.39 Å². The summed E-state index contributed by atoms with van der Waals surface area (Å²) in [6, 6.07) is 4.66. The summed E-state index contributed by atoms with van der Waals surface area (Å²) >= 11 is 0. The molecule has 0 aromatic heterocycles. The summed E-state index contributed by atoms with van der Waals surface area (Å²) < 4.78 is 13.5. The molecule has 3 rings (SSSR count). The fourth-order valence-electron chi connectivity index (χ4n) is 4.36. The van der Waals surface area contributed by atoms with E-state index in [9.17, 15) is 9.18 Å².